The van der Waals surface area contributed by atoms with E-state index >= 15 is 24.0 Å². The fraction of sp³-hybridized carbons (Fsp3) is 0.516. The van der Waals surface area contributed by atoms with Gasteiger partial charge < -0.3 is 167 Å². The summed E-state index contributed by atoms with van der Waals surface area (Å²) >= 11 is 14.4. The van der Waals surface area contributed by atoms with Gasteiger partial charge in [-0.25, -0.2) is 4.79 Å². The normalized spacial score (nSPS) is 24.6. The van der Waals surface area contributed by atoms with Gasteiger partial charge in [-0.2, -0.15) is 0 Å². The summed E-state index contributed by atoms with van der Waals surface area (Å²) in [6.07, 6.45) is -13.0. The number of nitrogens with two attached hydrogens (primary N) is 1. The van der Waals surface area contributed by atoms with Gasteiger partial charge in [0.15, 0.2) is 41.1 Å². The third-order valence-electron chi connectivity index (χ3n) is 25.3. The molecule has 0 saturated carbocycles. The molecule has 51 heteroatoms. The standard InChI is InChI=1S/C93H124Cl2N11O35P3/c1-7-8-9-10-11-12-13-14-28-98-29-30-99-93(5)41-69(136-46(4)84(93)117)140-83-81(116)80(115)67(43-107)139-92(83)141-82-65-37-51-38-66(82)138-64-26-21-50(36-57(64)95)78(113)76-90(123)103-74(91(124)125)54-39-62(110)55(42-106(44-142(126,127)128)31-27-60(108)47-17-22-52(23-18-47)135-32-15-16-70(143(129,130)131)144(132,133)134)79(114)71(54)53-34-48(19-24-61(53)109)72(87(120)105-76)102-88(121)73(51)101-86(119)59(40-68(96)111)100-89(122)75(104-85(118)58(97-6)33-45(2)3)77(112)49-20-25-63(137-65)56(94)35-49/h17-26,34-39,45-46,58-59,67,69-70,72-78,80-81,83-84,92,97-99,107,109-110,112-117H,7-16,27-33,40-44H2,1-6H3,(H2,96,111)(H,100,122)(H,101,119)(H,102,121)(H,103,123)(H,104,118)(H,105,120)(H,124,125)(H2,126,127,128)(H2,129,130,131)(H2,132,133,134)/t46-,58+,59-,67+,69-,72+,73+,74-,75+,76-,77+,78+,80+,81-,83+,84+,92-,93-/m0/s1. The molecule has 7 aliphatic heterocycles. The van der Waals surface area contributed by atoms with Crippen LogP contribution in [0.2, 0.25) is 10.0 Å². The zero-order valence-corrected chi connectivity index (χ0v) is 83.5. The number of fused-ring (bicyclic) bond motifs is 15. The van der Waals surface area contributed by atoms with Crippen LogP contribution >= 0.6 is 46.0 Å². The highest BCUT2D eigenvalue weighted by Gasteiger charge is 2.53. The fourth-order valence-corrected chi connectivity index (χ4v) is 21.4. The first kappa shape index (κ1) is 114. The molecule has 7 aliphatic rings. The number of aliphatic carboxylic acids is 1. The van der Waals surface area contributed by atoms with Gasteiger partial charge in [-0.1, -0.05) is 107 Å². The number of nitrogens with zero attached hydrogens (tertiary/aromatic N) is 1. The minimum atomic E-state index is -5.26. The smallest absolute Gasteiger partial charge is 0.340 e. The molecule has 13 rings (SSSR count). The van der Waals surface area contributed by atoms with Crippen molar-refractivity contribution in [2.45, 2.75) is 246 Å². The number of Topliss-reactive ketones (excluding diaryl/α,β-unsaturated/α-hetero) is 1. The lowest BCUT2D eigenvalue weighted by molar-refractivity contribution is -0.334. The van der Waals surface area contributed by atoms with Crippen molar-refractivity contribution in [1.82, 2.24) is 52.8 Å². The molecule has 0 aliphatic carbocycles. The van der Waals surface area contributed by atoms with E-state index in [-0.39, 0.29) is 48.7 Å². The SMILES string of the molecule is CCCCCCCCCCNCCN[C@@]1(C)C[C@H](O[C@H]2[C@H](Oc3c4cc5cc3Oc3ccc(cc3Cl)[C@@H](O)[C@@H](NC(=O)[C@@H](CC(C)C)NC)C(=O)N[C@@H](CC(N)=O)C(=O)N[C@H]5C(=O)N[C@H]3C(=O)N[C@H](C(=O)N[C@H](C(=O)O)c5cc(O)c(CN(CCC(=O)c6ccc(OCCCC(P(=O)(O)O)P(=O)(O)O)cc6)CP(=O)(O)O)c(O)c5-c5cc3ccc5O)[C@H](O)c3ccc(c(Cl)c3)O4)O[C@H](CO)[C@@H](O)[C@@H]2O)O[C@@H](C)[C@H]1O. The van der Waals surface area contributed by atoms with Crippen LogP contribution in [0.15, 0.2) is 97.1 Å². The second-order valence-electron chi connectivity index (χ2n) is 36.7. The van der Waals surface area contributed by atoms with Crippen LogP contribution in [0, 0.1) is 5.92 Å². The van der Waals surface area contributed by atoms with Gasteiger partial charge in [0, 0.05) is 66.8 Å². The van der Waals surface area contributed by atoms with Gasteiger partial charge >= 0.3 is 28.8 Å². The number of benzene rings is 6. The minimum absolute atomic E-state index is 0.0395. The van der Waals surface area contributed by atoms with Crippen molar-refractivity contribution in [2.24, 2.45) is 11.7 Å². The summed E-state index contributed by atoms with van der Waals surface area (Å²) in [6.45, 7) is 7.64. The Kier molecular flexibility index (Phi) is 39.7. The Bertz CT molecular complexity index is 5740. The summed E-state index contributed by atoms with van der Waals surface area (Å²) in [5.41, 5.74) is -0.247. The number of phenolic OH excluding ortho intramolecular Hbond substituents is 3. The molecule has 0 radical (unpaired) electrons. The molecule has 2 saturated heterocycles. The van der Waals surface area contributed by atoms with E-state index in [2.05, 4.69) is 54.8 Å². The maximum absolute atomic E-state index is 16.6. The molecule has 6 aromatic rings. The number of hydrogen-bond donors (Lipinski definition) is 26. The summed E-state index contributed by atoms with van der Waals surface area (Å²) in [5.74, 6) is -18.8. The number of primary amides is 1. The van der Waals surface area contributed by atoms with Crippen LogP contribution < -0.4 is 72.5 Å². The number of phenols is 3. The van der Waals surface area contributed by atoms with Crippen LogP contribution in [0.4, 0.5) is 0 Å². The van der Waals surface area contributed by atoms with E-state index in [0.29, 0.717) is 19.2 Å². The third-order valence-corrected chi connectivity index (χ3v) is 30.5. The van der Waals surface area contributed by atoms with Gasteiger partial charge in [0.1, 0.15) is 102 Å². The Hall–Kier alpha value is -10.1. The summed E-state index contributed by atoms with van der Waals surface area (Å²) < 4.78 is 81.8. The van der Waals surface area contributed by atoms with E-state index in [9.17, 15) is 113 Å². The van der Waals surface area contributed by atoms with Gasteiger partial charge in [-0.15, -0.1) is 0 Å². The predicted molar refractivity (Wildman–Crippen MR) is 514 cm³/mol. The zero-order chi connectivity index (χ0) is 105. The fourth-order valence-electron chi connectivity index (χ4n) is 17.6. The van der Waals surface area contributed by atoms with E-state index in [4.69, 9.17) is 62.1 Å². The number of carboxylic acid groups (broad SMARTS) is 1. The number of aliphatic hydroxyl groups is 6. The number of ether oxygens (including phenoxy) is 7. The van der Waals surface area contributed by atoms with Crippen LogP contribution in [0.3, 0.4) is 0 Å². The average Bonchev–Trinajstić information content (AvgIpc) is 0.754. The highest BCUT2D eigenvalue weighted by molar-refractivity contribution is 7.70. The monoisotopic (exact) mass is 2120 g/mol. The van der Waals surface area contributed by atoms with Crippen molar-refractivity contribution in [3.63, 3.8) is 0 Å². The average molecular weight is 2120 g/mol. The molecule has 46 nitrogen and oxygen atoms in total. The molecule has 7 heterocycles. The number of likely N-dealkylation sites (N-methyl/N-ethyl adjacent to an activating group) is 1. The first-order valence-corrected chi connectivity index (χ1v) is 52.6. The van der Waals surface area contributed by atoms with Crippen LogP contribution in [0.25, 0.3) is 11.1 Å². The predicted octanol–water partition coefficient (Wildman–Crippen LogP) is 4.52. The summed E-state index contributed by atoms with van der Waals surface area (Å²) in [6, 6.07) is 1.61. The van der Waals surface area contributed by atoms with E-state index < -0.39 is 331 Å². The first-order chi connectivity index (χ1) is 67.9. The Labute approximate surface area is 836 Å². The molecule has 790 valence electrons. The van der Waals surface area contributed by atoms with E-state index in [1.165, 1.54) is 56.6 Å². The number of unbranched alkanes of at least 4 members (excludes halogenated alkanes) is 7. The number of ketones is 1. The van der Waals surface area contributed by atoms with Gasteiger partial charge in [0.05, 0.1) is 53.5 Å². The number of carbonyl (C=O) groups excluding carboxylic acids is 8. The van der Waals surface area contributed by atoms with Crippen LogP contribution in [0.1, 0.15) is 199 Å². The molecule has 144 heavy (non-hydrogen) atoms. The number of rotatable bonds is 41. The number of hydrogen-bond acceptors (Lipinski definition) is 32. The largest absolute Gasteiger partial charge is 0.507 e. The third kappa shape index (κ3) is 29.2. The van der Waals surface area contributed by atoms with E-state index in [1.54, 1.807) is 27.7 Å². The number of carboxylic acids is 1. The van der Waals surface area contributed by atoms with Crippen molar-refractivity contribution in [3.8, 4) is 62.9 Å². The topological polar surface area (TPSA) is 731 Å². The lowest BCUT2D eigenvalue weighted by Gasteiger charge is -2.48. The molecular weight excluding hydrogens is 1990 g/mol. The quantitative estimate of drug-likeness (QED) is 0.0142. The molecule has 7 amide bonds. The highest BCUT2D eigenvalue weighted by atomic mass is 35.5. The maximum Gasteiger partial charge on any atom is 0.340 e. The number of amides is 7. The van der Waals surface area contributed by atoms with Crippen molar-refractivity contribution in [3.05, 3.63) is 146 Å². The Morgan fingerprint density at radius 2 is 1.27 bits per heavy atom. The number of carbonyl (C=O) groups is 9. The number of aromatic hydroxyl groups is 3. The van der Waals surface area contributed by atoms with Crippen LogP contribution in [0.5, 0.6) is 51.7 Å². The molecule has 6 aromatic carbocycles. The lowest BCUT2D eigenvalue weighted by atomic mass is 9.85. The molecule has 2 fully saturated rings. The molecule has 0 spiro atoms. The van der Waals surface area contributed by atoms with Gasteiger partial charge in [0.2, 0.25) is 53.4 Å². The Balaban J connectivity index is 1.05. The Morgan fingerprint density at radius 1 is 0.667 bits per heavy atom. The van der Waals surface area contributed by atoms with Gasteiger partial charge in [0.25, 0.3) is 0 Å². The second kappa shape index (κ2) is 50.0. The molecule has 0 unspecified atom stereocenters. The van der Waals surface area contributed by atoms with Gasteiger partial charge in [-0.05, 0) is 160 Å². The van der Waals surface area contributed by atoms with E-state index in [0.717, 1.165) is 104 Å². The van der Waals surface area contributed by atoms with Crippen LogP contribution in [-0.2, 0) is 72.8 Å². The molecular formula is C93H124Cl2N11O35P3. The molecule has 27 N–H and O–H groups in total. The van der Waals surface area contributed by atoms with Crippen LogP contribution in [-0.4, -0.2) is 275 Å². The summed E-state index contributed by atoms with van der Waals surface area (Å²) in [7, 11) is -14.3. The summed E-state index contributed by atoms with van der Waals surface area (Å²) in [5, 5.41) is 142. The highest BCUT2D eigenvalue weighted by Crippen LogP contribution is 2.62. The molecule has 18 atom stereocenters. The Morgan fingerprint density at radius 3 is 1.86 bits per heavy atom. The van der Waals surface area contributed by atoms with Crippen molar-refractivity contribution < 1.29 is 170 Å². The maximum atomic E-state index is 16.6. The number of halogens is 2. The first-order valence-electron chi connectivity index (χ1n) is 46.7. The van der Waals surface area contributed by atoms with Gasteiger partial charge in [-0.3, -0.25) is 57.0 Å². The molecule has 0 aromatic heterocycles. The second-order valence-corrected chi connectivity index (χ2v) is 43.2. The summed E-state index contributed by atoms with van der Waals surface area (Å²) in [4.78, 5) is 195. The van der Waals surface area contributed by atoms with E-state index in [1.807, 2.05) is 0 Å². The zero-order valence-electron chi connectivity index (χ0n) is 79.3. The van der Waals surface area contributed by atoms with Crippen molar-refractivity contribution in [1.29, 1.82) is 0 Å². The minimum Gasteiger partial charge on any atom is -0.507 e. The lowest BCUT2D eigenvalue weighted by Crippen LogP contribution is -2.65. The van der Waals surface area contributed by atoms with Crippen molar-refractivity contribution >= 4 is 99.1 Å². The molecule has 11 bridgehead atoms. The van der Waals surface area contributed by atoms with Crippen molar-refractivity contribution in [2.75, 3.05) is 52.7 Å². The number of aliphatic hydroxyl groups excluding tert-OH is 6. The number of nitrogens with one attached hydrogen (secondary N) is 9.